The Hall–Kier alpha value is -3.04. The summed E-state index contributed by atoms with van der Waals surface area (Å²) in [6.45, 7) is 11.6. The smallest absolute Gasteiger partial charge is 0.407 e. The number of fused-ring (bicyclic) bond motifs is 2. The second-order valence-corrected chi connectivity index (χ2v) is 13.0. The van der Waals surface area contributed by atoms with E-state index in [1.807, 2.05) is 0 Å². The average Bonchev–Trinajstić information content (AvgIpc) is 3.51. The summed E-state index contributed by atoms with van der Waals surface area (Å²) in [5, 5.41) is 5.84. The summed E-state index contributed by atoms with van der Waals surface area (Å²) in [7, 11) is 0. The van der Waals surface area contributed by atoms with Crippen LogP contribution in [0.15, 0.2) is 24.3 Å². The van der Waals surface area contributed by atoms with Crippen molar-refractivity contribution in [2.24, 2.45) is 23.7 Å². The van der Waals surface area contributed by atoms with Gasteiger partial charge in [0.15, 0.2) is 0 Å². The Morgan fingerprint density at radius 3 is 1.53 bits per heavy atom. The number of esters is 2. The molecular weight excluding hydrogens is 552 g/mol. The minimum absolute atomic E-state index is 0.338. The lowest BCUT2D eigenvalue weighted by Crippen LogP contribution is -2.41. The van der Waals surface area contributed by atoms with E-state index in [2.05, 4.69) is 23.8 Å². The Morgan fingerprint density at radius 1 is 0.628 bits per heavy atom. The Morgan fingerprint density at radius 2 is 1.07 bits per heavy atom. The molecule has 8 unspecified atom stereocenters. The molecule has 0 heterocycles. The van der Waals surface area contributed by atoms with E-state index in [0.29, 0.717) is 73.6 Å². The van der Waals surface area contributed by atoms with Crippen LogP contribution in [0, 0.1) is 23.7 Å². The second-order valence-electron chi connectivity index (χ2n) is 13.0. The van der Waals surface area contributed by atoms with Crippen LogP contribution in [0.25, 0.3) is 0 Å². The van der Waals surface area contributed by atoms with Gasteiger partial charge < -0.3 is 29.6 Å². The maximum absolute atomic E-state index is 12.6. The molecule has 4 rings (SSSR count). The first kappa shape index (κ1) is 32.9. The zero-order valence-corrected chi connectivity index (χ0v) is 25.9. The van der Waals surface area contributed by atoms with Gasteiger partial charge in [0.1, 0.15) is 24.4 Å². The second kappa shape index (κ2) is 15.6. The summed E-state index contributed by atoms with van der Waals surface area (Å²) < 4.78 is 22.4. The number of rotatable bonds is 12. The highest BCUT2D eigenvalue weighted by atomic mass is 16.6. The molecule has 4 fully saturated rings. The van der Waals surface area contributed by atoms with Crippen molar-refractivity contribution >= 4 is 24.1 Å². The fourth-order valence-electron chi connectivity index (χ4n) is 7.61. The molecule has 43 heavy (non-hydrogen) atoms. The van der Waals surface area contributed by atoms with Gasteiger partial charge in [0.2, 0.25) is 0 Å². The molecular formula is C33H50N2O8. The predicted octanol–water partition coefficient (Wildman–Crippen LogP) is 5.74. The summed E-state index contributed by atoms with van der Waals surface area (Å²) >= 11 is 0. The van der Waals surface area contributed by atoms with E-state index in [1.54, 1.807) is 13.8 Å². The van der Waals surface area contributed by atoms with E-state index in [-0.39, 0.29) is 0 Å². The van der Waals surface area contributed by atoms with Crippen LogP contribution in [0.3, 0.4) is 0 Å². The molecule has 0 radical (unpaired) electrons. The molecule has 10 heteroatoms. The fourth-order valence-corrected chi connectivity index (χ4v) is 7.61. The van der Waals surface area contributed by atoms with E-state index >= 15 is 0 Å². The number of carbonyl (C=O) groups is 4. The average molecular weight is 603 g/mol. The zero-order valence-electron chi connectivity index (χ0n) is 25.9. The van der Waals surface area contributed by atoms with Crippen LogP contribution in [-0.4, -0.2) is 61.6 Å². The zero-order chi connectivity index (χ0) is 30.9. The molecule has 8 atom stereocenters. The first-order valence-electron chi connectivity index (χ1n) is 16.2. The third kappa shape index (κ3) is 9.22. The Bertz CT molecular complexity index is 1040. The normalized spacial score (nSPS) is 31.4. The number of nitrogens with one attached hydrogen (secondary N) is 2. The van der Waals surface area contributed by atoms with Crippen LogP contribution in [-0.2, 0) is 28.5 Å². The minimum atomic E-state index is -0.458. The molecule has 0 aromatic carbocycles. The topological polar surface area (TPSA) is 129 Å². The van der Waals surface area contributed by atoms with Gasteiger partial charge in [-0.3, -0.25) is 0 Å². The lowest BCUT2D eigenvalue weighted by molar-refractivity contribution is -0.153. The van der Waals surface area contributed by atoms with E-state index in [0.717, 1.165) is 44.9 Å². The minimum Gasteiger partial charge on any atom is -0.455 e. The summed E-state index contributed by atoms with van der Waals surface area (Å²) in [5.74, 6) is 1.45. The highest BCUT2D eigenvalue weighted by molar-refractivity contribution is 5.87. The van der Waals surface area contributed by atoms with Crippen LogP contribution in [0.5, 0.6) is 0 Å². The number of hydrogen-bond donors (Lipinski definition) is 2. The van der Waals surface area contributed by atoms with Gasteiger partial charge in [-0.15, -0.1) is 0 Å². The Balaban J connectivity index is 1.14. The van der Waals surface area contributed by atoms with Gasteiger partial charge >= 0.3 is 24.1 Å². The van der Waals surface area contributed by atoms with Crippen LogP contribution < -0.4 is 10.6 Å². The lowest BCUT2D eigenvalue weighted by atomic mass is 9.85. The molecule has 0 spiro atoms. The number of carbonyl (C=O) groups excluding carboxylic acids is 4. The molecule has 0 aliphatic heterocycles. The molecule has 2 N–H and O–H groups in total. The van der Waals surface area contributed by atoms with Gasteiger partial charge in [0.25, 0.3) is 0 Å². The molecule has 0 aromatic rings. The summed E-state index contributed by atoms with van der Waals surface area (Å²) in [6.07, 6.45) is 9.19. The molecule has 4 aliphatic carbocycles. The molecule has 4 aliphatic rings. The van der Waals surface area contributed by atoms with Crippen molar-refractivity contribution < 1.29 is 38.1 Å². The molecule has 2 bridgehead atoms. The SMILES string of the molecule is C=C(C)C(=O)OC1CCCCC1OC(=O)NCCC1CC2CCC1C2CCNC(=O)OC1CCCCC1OC(=O)C(=C)C. The van der Waals surface area contributed by atoms with Crippen molar-refractivity contribution in [1.82, 2.24) is 10.6 Å². The number of ether oxygens (including phenoxy) is 4. The summed E-state index contributed by atoms with van der Waals surface area (Å²) in [5.41, 5.74) is 0.676. The number of hydrogen-bond acceptors (Lipinski definition) is 8. The quantitative estimate of drug-likeness (QED) is 0.164. The number of alkyl carbamates (subject to hydrolysis) is 2. The predicted molar refractivity (Wildman–Crippen MR) is 160 cm³/mol. The molecule has 10 nitrogen and oxygen atoms in total. The fraction of sp³-hybridized carbons (Fsp3) is 0.758. The van der Waals surface area contributed by atoms with Crippen molar-refractivity contribution in [2.75, 3.05) is 13.1 Å². The van der Waals surface area contributed by atoms with Crippen molar-refractivity contribution in [3.63, 3.8) is 0 Å². The van der Waals surface area contributed by atoms with Gasteiger partial charge in [-0.25, -0.2) is 19.2 Å². The van der Waals surface area contributed by atoms with Crippen molar-refractivity contribution in [3.8, 4) is 0 Å². The van der Waals surface area contributed by atoms with Crippen LogP contribution in [0.4, 0.5) is 9.59 Å². The molecule has 0 saturated heterocycles. The van der Waals surface area contributed by atoms with Crippen molar-refractivity contribution in [3.05, 3.63) is 24.3 Å². The van der Waals surface area contributed by atoms with E-state index in [1.165, 1.54) is 12.8 Å². The third-order valence-electron chi connectivity index (χ3n) is 9.78. The monoisotopic (exact) mass is 602 g/mol. The summed E-state index contributed by atoms with van der Waals surface area (Å²) in [6, 6.07) is 0. The largest absolute Gasteiger partial charge is 0.455 e. The highest BCUT2D eigenvalue weighted by Crippen LogP contribution is 2.54. The Kier molecular flexibility index (Phi) is 11.9. The van der Waals surface area contributed by atoms with E-state index in [4.69, 9.17) is 18.9 Å². The first-order chi connectivity index (χ1) is 20.6. The standard InChI is InChI=1S/C33H50N2O8/c1-20(2)30(36)40-26-9-5-7-11-28(26)42-32(38)34-17-15-23-19-22-13-14-24(23)25(22)16-18-35-33(39)43-29-12-8-6-10-27(29)41-31(37)21(3)4/h22-29H,1,3,5-19H2,2,4H3,(H,34,38)(H,35,39). The van der Waals surface area contributed by atoms with E-state index < -0.39 is 48.5 Å². The molecule has 4 saturated carbocycles. The van der Waals surface area contributed by atoms with E-state index in [9.17, 15) is 19.2 Å². The Labute approximate surface area is 255 Å². The van der Waals surface area contributed by atoms with Gasteiger partial charge in [0, 0.05) is 24.2 Å². The maximum Gasteiger partial charge on any atom is 0.407 e. The van der Waals surface area contributed by atoms with Gasteiger partial charge in [-0.1, -0.05) is 13.2 Å². The van der Waals surface area contributed by atoms with Crippen LogP contribution in [0.1, 0.15) is 97.3 Å². The molecule has 0 aromatic heterocycles. The summed E-state index contributed by atoms with van der Waals surface area (Å²) in [4.78, 5) is 49.1. The van der Waals surface area contributed by atoms with Gasteiger partial charge in [0.05, 0.1) is 0 Å². The first-order valence-corrected chi connectivity index (χ1v) is 16.2. The maximum atomic E-state index is 12.6. The number of amides is 2. The van der Waals surface area contributed by atoms with Gasteiger partial charge in [-0.05, 0) is 121 Å². The van der Waals surface area contributed by atoms with Crippen LogP contribution in [0.2, 0.25) is 0 Å². The highest BCUT2D eigenvalue weighted by Gasteiger charge is 2.47. The molecule has 2 amide bonds. The van der Waals surface area contributed by atoms with Crippen LogP contribution >= 0.6 is 0 Å². The van der Waals surface area contributed by atoms with Crippen molar-refractivity contribution in [2.45, 2.75) is 122 Å². The van der Waals surface area contributed by atoms with Crippen molar-refractivity contribution in [1.29, 1.82) is 0 Å². The van der Waals surface area contributed by atoms with Gasteiger partial charge in [-0.2, -0.15) is 0 Å². The lowest BCUT2D eigenvalue weighted by Gasteiger charge is -2.31. The molecule has 240 valence electrons. The third-order valence-corrected chi connectivity index (χ3v) is 9.78.